The van der Waals surface area contributed by atoms with Gasteiger partial charge in [-0.3, -0.25) is 0 Å². The molecule has 5 heteroatoms. The molecule has 0 aliphatic heterocycles. The second-order valence-electron chi connectivity index (χ2n) is 4.47. The maximum atomic E-state index is 13.4. The third kappa shape index (κ3) is 2.02. The number of aromatic nitrogens is 2. The van der Waals surface area contributed by atoms with Gasteiger partial charge in [0.05, 0.1) is 16.6 Å². The number of phenols is 1. The molecule has 3 rings (SSSR count). The van der Waals surface area contributed by atoms with E-state index in [4.69, 9.17) is 11.6 Å². The molecule has 0 fully saturated rings. The summed E-state index contributed by atoms with van der Waals surface area (Å²) in [6, 6.07) is 9.23. The van der Waals surface area contributed by atoms with Crippen LogP contribution in [-0.2, 0) is 6.54 Å². The molecule has 1 heterocycles. The Morgan fingerprint density at radius 1 is 1.25 bits per heavy atom. The highest BCUT2D eigenvalue weighted by molar-refractivity contribution is 6.30. The third-order valence-corrected chi connectivity index (χ3v) is 3.46. The molecule has 0 radical (unpaired) electrons. The van der Waals surface area contributed by atoms with E-state index in [-0.39, 0.29) is 11.6 Å². The third-order valence-electron chi connectivity index (χ3n) is 3.23. The van der Waals surface area contributed by atoms with Crippen LogP contribution in [0.4, 0.5) is 4.39 Å². The Bertz CT molecular complexity index is 798. The smallest absolute Gasteiger partial charge is 0.144 e. The number of benzene rings is 2. The molecule has 0 bridgehead atoms. The van der Waals surface area contributed by atoms with Gasteiger partial charge in [-0.15, -0.1) is 0 Å². The van der Waals surface area contributed by atoms with Gasteiger partial charge in [0.25, 0.3) is 0 Å². The van der Waals surface area contributed by atoms with E-state index >= 15 is 0 Å². The predicted octanol–water partition coefficient (Wildman–Crippen LogP) is 4.22. The lowest BCUT2D eigenvalue weighted by Crippen LogP contribution is -1.98. The Hall–Kier alpha value is -2.07. The van der Waals surface area contributed by atoms with Crippen LogP contribution >= 0.6 is 11.6 Å². The second kappa shape index (κ2) is 4.80. The number of nitrogens with zero attached hydrogens (tertiary/aromatic N) is 2. The van der Waals surface area contributed by atoms with Gasteiger partial charge in [0.2, 0.25) is 0 Å². The van der Waals surface area contributed by atoms with Crippen molar-refractivity contribution in [3.8, 4) is 17.1 Å². The van der Waals surface area contributed by atoms with Crippen molar-refractivity contribution in [3.63, 3.8) is 0 Å². The van der Waals surface area contributed by atoms with Crippen molar-refractivity contribution < 1.29 is 9.50 Å². The summed E-state index contributed by atoms with van der Waals surface area (Å²) in [5, 5.41) is 10.5. The summed E-state index contributed by atoms with van der Waals surface area (Å²) in [4.78, 5) is 4.47. The number of fused-ring (bicyclic) bond motifs is 1. The minimum Gasteiger partial charge on any atom is -0.507 e. The van der Waals surface area contributed by atoms with Crippen LogP contribution in [-0.4, -0.2) is 14.7 Å². The van der Waals surface area contributed by atoms with E-state index in [1.807, 2.05) is 11.5 Å². The Kier molecular flexibility index (Phi) is 3.10. The molecule has 1 aromatic heterocycles. The number of aryl methyl sites for hydroxylation is 1. The Morgan fingerprint density at radius 3 is 2.80 bits per heavy atom. The first-order valence-electron chi connectivity index (χ1n) is 6.25. The minimum atomic E-state index is -0.311. The molecule has 0 unspecified atom stereocenters. The van der Waals surface area contributed by atoms with Gasteiger partial charge < -0.3 is 9.67 Å². The van der Waals surface area contributed by atoms with Gasteiger partial charge in [0, 0.05) is 11.6 Å². The first-order valence-corrected chi connectivity index (χ1v) is 6.62. The summed E-state index contributed by atoms with van der Waals surface area (Å²) in [6.07, 6.45) is 0. The van der Waals surface area contributed by atoms with Crippen LogP contribution < -0.4 is 0 Å². The standard InChI is InChI=1S/C15H12ClFN2O/c1-2-19-13-8-10(17)4-5-12(13)18-15(19)11-7-9(16)3-6-14(11)20/h3-8,20H,2H2,1H3. The van der Waals surface area contributed by atoms with Crippen molar-refractivity contribution in [1.82, 2.24) is 9.55 Å². The van der Waals surface area contributed by atoms with Crippen LogP contribution in [0.15, 0.2) is 36.4 Å². The monoisotopic (exact) mass is 290 g/mol. The van der Waals surface area contributed by atoms with E-state index in [2.05, 4.69) is 4.98 Å². The minimum absolute atomic E-state index is 0.0971. The predicted molar refractivity (Wildman–Crippen MR) is 77.5 cm³/mol. The van der Waals surface area contributed by atoms with Crippen molar-refractivity contribution in [2.45, 2.75) is 13.5 Å². The molecule has 20 heavy (non-hydrogen) atoms. The molecule has 102 valence electrons. The average molecular weight is 291 g/mol. The lowest BCUT2D eigenvalue weighted by atomic mass is 10.2. The number of phenolic OH excluding ortho intramolecular Hbond substituents is 1. The lowest BCUT2D eigenvalue weighted by Gasteiger charge is -2.08. The number of rotatable bonds is 2. The van der Waals surface area contributed by atoms with Gasteiger partial charge in [-0.1, -0.05) is 11.6 Å². The highest BCUT2D eigenvalue weighted by atomic mass is 35.5. The van der Waals surface area contributed by atoms with E-state index in [0.717, 1.165) is 0 Å². The molecule has 0 aliphatic carbocycles. The molecule has 2 aromatic carbocycles. The summed E-state index contributed by atoms with van der Waals surface area (Å²) in [5.74, 6) is 0.363. The van der Waals surface area contributed by atoms with Crippen LogP contribution in [0.3, 0.4) is 0 Å². The SMILES string of the molecule is CCn1c(-c2cc(Cl)ccc2O)nc2ccc(F)cc21. The molecular weight excluding hydrogens is 279 g/mol. The van der Waals surface area contributed by atoms with E-state index in [1.54, 1.807) is 18.2 Å². The summed E-state index contributed by atoms with van der Waals surface area (Å²) in [5.41, 5.74) is 1.92. The molecule has 0 atom stereocenters. The molecule has 0 aliphatic rings. The van der Waals surface area contributed by atoms with Crippen LogP contribution in [0.2, 0.25) is 5.02 Å². The van der Waals surface area contributed by atoms with Crippen LogP contribution in [0.1, 0.15) is 6.92 Å². The van der Waals surface area contributed by atoms with Gasteiger partial charge in [-0.05, 0) is 43.3 Å². The van der Waals surface area contributed by atoms with Gasteiger partial charge in [0.1, 0.15) is 17.4 Å². The topological polar surface area (TPSA) is 38.0 Å². The lowest BCUT2D eigenvalue weighted by molar-refractivity contribution is 0.476. The Labute approximate surface area is 120 Å². The van der Waals surface area contributed by atoms with Gasteiger partial charge in [-0.25, -0.2) is 9.37 Å². The first-order chi connectivity index (χ1) is 9.60. The van der Waals surface area contributed by atoms with Gasteiger partial charge >= 0.3 is 0 Å². The van der Waals surface area contributed by atoms with Crippen molar-refractivity contribution in [2.24, 2.45) is 0 Å². The van der Waals surface area contributed by atoms with Crippen LogP contribution in [0.25, 0.3) is 22.4 Å². The number of hydrogen-bond acceptors (Lipinski definition) is 2. The maximum absolute atomic E-state index is 13.4. The van der Waals surface area contributed by atoms with E-state index in [1.165, 1.54) is 18.2 Å². The largest absolute Gasteiger partial charge is 0.507 e. The Balaban J connectivity index is 2.33. The fourth-order valence-corrected chi connectivity index (χ4v) is 2.48. The zero-order valence-electron chi connectivity index (χ0n) is 10.8. The fourth-order valence-electron chi connectivity index (χ4n) is 2.31. The molecule has 0 amide bonds. The highest BCUT2D eigenvalue weighted by Gasteiger charge is 2.15. The highest BCUT2D eigenvalue weighted by Crippen LogP contribution is 2.33. The first kappa shape index (κ1) is 12.9. The van der Waals surface area contributed by atoms with Crippen molar-refractivity contribution in [1.29, 1.82) is 0 Å². The zero-order chi connectivity index (χ0) is 14.3. The summed E-state index contributed by atoms with van der Waals surface area (Å²) in [7, 11) is 0. The van der Waals surface area contributed by atoms with Crippen molar-refractivity contribution >= 4 is 22.6 Å². The summed E-state index contributed by atoms with van der Waals surface area (Å²) >= 11 is 5.98. The fraction of sp³-hybridized carbons (Fsp3) is 0.133. The van der Waals surface area contributed by atoms with Crippen molar-refractivity contribution in [3.05, 3.63) is 47.2 Å². The maximum Gasteiger partial charge on any atom is 0.144 e. The van der Waals surface area contributed by atoms with Gasteiger partial charge in [-0.2, -0.15) is 0 Å². The van der Waals surface area contributed by atoms with E-state index < -0.39 is 0 Å². The van der Waals surface area contributed by atoms with Crippen LogP contribution in [0.5, 0.6) is 5.75 Å². The summed E-state index contributed by atoms with van der Waals surface area (Å²) < 4.78 is 15.2. The quantitative estimate of drug-likeness (QED) is 0.767. The Morgan fingerprint density at radius 2 is 2.05 bits per heavy atom. The second-order valence-corrected chi connectivity index (χ2v) is 4.91. The molecule has 0 spiro atoms. The molecule has 3 aromatic rings. The van der Waals surface area contributed by atoms with E-state index in [9.17, 15) is 9.50 Å². The summed E-state index contributed by atoms with van der Waals surface area (Å²) in [6.45, 7) is 2.55. The van der Waals surface area contributed by atoms with Gasteiger partial charge in [0.15, 0.2) is 0 Å². The molecule has 0 saturated heterocycles. The molecule has 0 saturated carbocycles. The molecule has 3 nitrogen and oxygen atoms in total. The normalized spacial score (nSPS) is 11.2. The van der Waals surface area contributed by atoms with Crippen molar-refractivity contribution in [2.75, 3.05) is 0 Å². The average Bonchev–Trinajstić information content (AvgIpc) is 2.79. The van der Waals surface area contributed by atoms with Crippen LogP contribution in [0, 0.1) is 5.82 Å². The zero-order valence-corrected chi connectivity index (χ0v) is 11.5. The number of hydrogen-bond donors (Lipinski definition) is 1. The molecular formula is C15H12ClFN2O. The molecule has 1 N–H and O–H groups in total. The number of aromatic hydroxyl groups is 1. The number of halogens is 2. The number of imidazole rings is 1. The van der Waals surface area contributed by atoms with E-state index in [0.29, 0.717) is 34.0 Å².